The highest BCUT2D eigenvalue weighted by Gasteiger charge is 2.30. The third-order valence-corrected chi connectivity index (χ3v) is 4.23. The Bertz CT molecular complexity index is 820. The van der Waals surface area contributed by atoms with Crippen molar-refractivity contribution < 1.29 is 9.18 Å². The Morgan fingerprint density at radius 1 is 1.09 bits per heavy atom. The van der Waals surface area contributed by atoms with Gasteiger partial charge in [0, 0.05) is 30.9 Å². The molecule has 0 aromatic heterocycles. The van der Waals surface area contributed by atoms with E-state index in [4.69, 9.17) is 0 Å². The minimum Gasteiger partial charge on any atom is -0.381 e. The molecule has 0 saturated carbocycles. The molecular formula is C19H19FN2O. The van der Waals surface area contributed by atoms with Crippen LogP contribution in [0.5, 0.6) is 0 Å². The second kappa shape index (κ2) is 5.54. The van der Waals surface area contributed by atoms with Crippen molar-refractivity contribution >= 4 is 17.2 Å². The van der Waals surface area contributed by atoms with Crippen LogP contribution in [0.15, 0.2) is 42.1 Å². The number of nitrogens with zero attached hydrogens (tertiary/aromatic N) is 1. The summed E-state index contributed by atoms with van der Waals surface area (Å²) in [5.41, 5.74) is 5.35. The van der Waals surface area contributed by atoms with Gasteiger partial charge in [0.2, 0.25) is 0 Å². The highest BCUT2D eigenvalue weighted by atomic mass is 19.1. The van der Waals surface area contributed by atoms with E-state index in [2.05, 4.69) is 5.32 Å². The second-order valence-electron chi connectivity index (χ2n) is 6.05. The molecule has 4 heteroatoms. The second-order valence-corrected chi connectivity index (χ2v) is 6.05. The molecule has 1 amide bonds. The number of nitrogens with one attached hydrogen (secondary N) is 1. The normalized spacial score (nSPS) is 15.3. The molecule has 0 unspecified atom stereocenters. The lowest BCUT2D eigenvalue weighted by Crippen LogP contribution is -2.14. The number of amides is 1. The average molecular weight is 310 g/mol. The zero-order valence-corrected chi connectivity index (χ0v) is 13.7. The number of carbonyl (C=O) groups excluding carboxylic acids is 1. The van der Waals surface area contributed by atoms with Crippen LogP contribution in [-0.2, 0) is 4.79 Å². The molecule has 0 bridgehead atoms. The van der Waals surface area contributed by atoms with Crippen LogP contribution in [0.2, 0.25) is 0 Å². The zero-order valence-electron chi connectivity index (χ0n) is 13.7. The number of hydrogen-bond acceptors (Lipinski definition) is 2. The number of aryl methyl sites for hydroxylation is 1. The molecule has 1 aliphatic heterocycles. The Hall–Kier alpha value is -2.62. The van der Waals surface area contributed by atoms with Gasteiger partial charge in [-0.05, 0) is 31.5 Å². The molecule has 3 nitrogen and oxygen atoms in total. The monoisotopic (exact) mass is 310 g/mol. The first-order chi connectivity index (χ1) is 10.9. The van der Waals surface area contributed by atoms with E-state index in [1.807, 2.05) is 57.1 Å². The van der Waals surface area contributed by atoms with Crippen molar-refractivity contribution in [2.24, 2.45) is 0 Å². The molecule has 1 aliphatic rings. The molecule has 2 aromatic carbocycles. The lowest BCUT2D eigenvalue weighted by molar-refractivity contribution is -0.110. The van der Waals surface area contributed by atoms with E-state index in [0.29, 0.717) is 22.4 Å². The Morgan fingerprint density at radius 3 is 2.30 bits per heavy atom. The van der Waals surface area contributed by atoms with Crippen molar-refractivity contribution in [1.29, 1.82) is 0 Å². The van der Waals surface area contributed by atoms with Crippen molar-refractivity contribution in [3.05, 3.63) is 59.0 Å². The fraction of sp³-hybridized carbons (Fsp3) is 0.211. The number of rotatable bonds is 2. The lowest BCUT2D eigenvalue weighted by atomic mass is 9.97. The molecule has 0 atom stereocenters. The van der Waals surface area contributed by atoms with E-state index in [1.165, 1.54) is 12.1 Å². The minimum atomic E-state index is -0.347. The van der Waals surface area contributed by atoms with Gasteiger partial charge >= 0.3 is 0 Å². The molecule has 0 aliphatic carbocycles. The van der Waals surface area contributed by atoms with Gasteiger partial charge < -0.3 is 10.2 Å². The SMILES string of the molecule is C/C(=C1/C(=O)Nc2c1cc(F)cc2-c1ccc(C)cc1)N(C)C. The quantitative estimate of drug-likeness (QED) is 0.849. The molecule has 1 heterocycles. The van der Waals surface area contributed by atoms with Crippen molar-refractivity contribution in [3.8, 4) is 11.1 Å². The van der Waals surface area contributed by atoms with Gasteiger partial charge in [0.25, 0.3) is 5.91 Å². The molecule has 0 spiro atoms. The number of halogens is 1. The molecule has 23 heavy (non-hydrogen) atoms. The predicted octanol–water partition coefficient (Wildman–Crippen LogP) is 4.05. The molecule has 2 aromatic rings. The first-order valence-corrected chi connectivity index (χ1v) is 7.49. The summed E-state index contributed by atoms with van der Waals surface area (Å²) in [6, 6.07) is 10.7. The third kappa shape index (κ3) is 2.61. The van der Waals surface area contributed by atoms with E-state index in [-0.39, 0.29) is 11.7 Å². The van der Waals surface area contributed by atoms with Crippen LogP contribution in [0.1, 0.15) is 18.1 Å². The maximum absolute atomic E-state index is 14.2. The molecular weight excluding hydrogens is 291 g/mol. The summed E-state index contributed by atoms with van der Waals surface area (Å²) in [6.07, 6.45) is 0. The van der Waals surface area contributed by atoms with Crippen LogP contribution in [-0.4, -0.2) is 24.9 Å². The van der Waals surface area contributed by atoms with Gasteiger partial charge in [-0.3, -0.25) is 4.79 Å². The first kappa shape index (κ1) is 15.3. The largest absolute Gasteiger partial charge is 0.381 e. The number of allylic oxidation sites excluding steroid dienone is 1. The number of fused-ring (bicyclic) bond motifs is 1. The van der Waals surface area contributed by atoms with Crippen molar-refractivity contribution in [3.63, 3.8) is 0 Å². The summed E-state index contributed by atoms with van der Waals surface area (Å²) in [4.78, 5) is 14.3. The van der Waals surface area contributed by atoms with Crippen molar-refractivity contribution in [2.45, 2.75) is 13.8 Å². The number of hydrogen-bond donors (Lipinski definition) is 1. The van der Waals surface area contributed by atoms with E-state index in [1.54, 1.807) is 0 Å². The van der Waals surface area contributed by atoms with E-state index < -0.39 is 0 Å². The minimum absolute atomic E-state index is 0.190. The molecule has 0 fully saturated rings. The molecule has 118 valence electrons. The highest BCUT2D eigenvalue weighted by Crippen LogP contribution is 2.41. The number of anilines is 1. The predicted molar refractivity (Wildman–Crippen MR) is 91.5 cm³/mol. The van der Waals surface area contributed by atoms with Gasteiger partial charge in [-0.25, -0.2) is 4.39 Å². The van der Waals surface area contributed by atoms with Gasteiger partial charge in [-0.2, -0.15) is 0 Å². The standard InChI is InChI=1S/C19H19FN2O/c1-11-5-7-13(8-6-11)15-9-14(20)10-16-17(12(2)22(3)4)19(23)21-18(15)16/h5-10H,1-4H3,(H,21,23)/b17-12-. The average Bonchev–Trinajstić information content (AvgIpc) is 2.82. The maximum atomic E-state index is 14.2. The van der Waals surface area contributed by atoms with E-state index >= 15 is 0 Å². The van der Waals surface area contributed by atoms with Crippen LogP contribution in [0, 0.1) is 12.7 Å². The summed E-state index contributed by atoms with van der Waals surface area (Å²) in [6.45, 7) is 3.86. The fourth-order valence-corrected chi connectivity index (χ4v) is 2.78. The molecule has 0 saturated heterocycles. The van der Waals surface area contributed by atoms with Gasteiger partial charge in [0.1, 0.15) is 5.82 Å². The smallest absolute Gasteiger partial charge is 0.258 e. The Morgan fingerprint density at radius 2 is 1.70 bits per heavy atom. The third-order valence-electron chi connectivity index (χ3n) is 4.23. The lowest BCUT2D eigenvalue weighted by Gasteiger charge is -2.15. The fourth-order valence-electron chi connectivity index (χ4n) is 2.78. The Balaban J connectivity index is 2.25. The van der Waals surface area contributed by atoms with Gasteiger partial charge in [0.05, 0.1) is 11.3 Å². The van der Waals surface area contributed by atoms with Crippen molar-refractivity contribution in [1.82, 2.24) is 4.90 Å². The molecule has 3 rings (SSSR count). The maximum Gasteiger partial charge on any atom is 0.258 e. The van der Waals surface area contributed by atoms with E-state index in [0.717, 1.165) is 16.8 Å². The van der Waals surface area contributed by atoms with Gasteiger partial charge in [0.15, 0.2) is 0 Å². The highest BCUT2D eigenvalue weighted by molar-refractivity contribution is 6.33. The Labute approximate surface area is 135 Å². The van der Waals surface area contributed by atoms with Gasteiger partial charge in [-0.15, -0.1) is 0 Å². The van der Waals surface area contributed by atoms with Crippen LogP contribution in [0.4, 0.5) is 10.1 Å². The zero-order chi connectivity index (χ0) is 16.7. The summed E-state index contributed by atoms with van der Waals surface area (Å²) in [5.74, 6) is -0.537. The molecule has 1 N–H and O–H groups in total. The van der Waals surface area contributed by atoms with Crippen LogP contribution < -0.4 is 5.32 Å². The van der Waals surface area contributed by atoms with E-state index in [9.17, 15) is 9.18 Å². The summed E-state index contributed by atoms with van der Waals surface area (Å²) < 4.78 is 14.2. The van der Waals surface area contributed by atoms with Crippen LogP contribution >= 0.6 is 0 Å². The summed E-state index contributed by atoms with van der Waals surface area (Å²) >= 11 is 0. The topological polar surface area (TPSA) is 32.3 Å². The van der Waals surface area contributed by atoms with Crippen LogP contribution in [0.3, 0.4) is 0 Å². The summed E-state index contributed by atoms with van der Waals surface area (Å²) in [5, 5.41) is 2.90. The van der Waals surface area contributed by atoms with Gasteiger partial charge in [-0.1, -0.05) is 29.8 Å². The number of carbonyl (C=O) groups is 1. The number of benzene rings is 2. The van der Waals surface area contributed by atoms with Crippen LogP contribution in [0.25, 0.3) is 16.7 Å². The summed E-state index contributed by atoms with van der Waals surface area (Å²) in [7, 11) is 3.74. The Kier molecular flexibility index (Phi) is 3.68. The molecule has 0 radical (unpaired) electrons. The first-order valence-electron chi connectivity index (χ1n) is 7.49. The van der Waals surface area contributed by atoms with Crippen molar-refractivity contribution in [2.75, 3.05) is 19.4 Å².